The van der Waals surface area contributed by atoms with Crippen molar-refractivity contribution in [2.45, 2.75) is 31.5 Å². The maximum Gasteiger partial charge on any atom is 0.282 e. The molecule has 1 aromatic carbocycles. The number of amides is 1. The molecule has 3 aromatic rings. The summed E-state index contributed by atoms with van der Waals surface area (Å²) in [6.45, 7) is 5.74. The Morgan fingerprint density at radius 1 is 1.31 bits per heavy atom. The molecule has 0 bridgehead atoms. The average molecular weight is 389 g/mol. The number of fused-ring (bicyclic) bond motifs is 1. The average Bonchev–Trinajstić information content (AvgIpc) is 3.00. The van der Waals surface area contributed by atoms with Gasteiger partial charge in [0.25, 0.3) is 5.56 Å². The summed E-state index contributed by atoms with van der Waals surface area (Å²) < 4.78 is 1.02. The van der Waals surface area contributed by atoms with E-state index in [-0.39, 0.29) is 22.8 Å². The van der Waals surface area contributed by atoms with Gasteiger partial charge in [0.15, 0.2) is 5.16 Å². The second-order valence-electron chi connectivity index (χ2n) is 6.85. The van der Waals surface area contributed by atoms with Crippen LogP contribution >= 0.6 is 23.1 Å². The van der Waals surface area contributed by atoms with Crippen LogP contribution in [0, 0.1) is 0 Å². The largest absolute Gasteiger partial charge is 0.351 e. The Balaban J connectivity index is 1.92. The molecular formula is C18H20N4O2S2. The van der Waals surface area contributed by atoms with E-state index in [1.165, 1.54) is 11.3 Å². The molecule has 0 atom stereocenters. The van der Waals surface area contributed by atoms with Gasteiger partial charge in [-0.1, -0.05) is 42.1 Å². The number of hydrogen-bond acceptors (Lipinski definition) is 6. The van der Waals surface area contributed by atoms with Crippen molar-refractivity contribution in [2.75, 3.05) is 11.6 Å². The van der Waals surface area contributed by atoms with Gasteiger partial charge in [-0.2, -0.15) is 0 Å². The lowest BCUT2D eigenvalue weighted by Gasteiger charge is -2.20. The van der Waals surface area contributed by atoms with Gasteiger partial charge in [-0.05, 0) is 26.3 Å². The van der Waals surface area contributed by atoms with Crippen LogP contribution in [0.15, 0.2) is 45.7 Å². The number of benzene rings is 1. The van der Waals surface area contributed by atoms with Crippen molar-refractivity contribution in [3.63, 3.8) is 0 Å². The summed E-state index contributed by atoms with van der Waals surface area (Å²) in [7, 11) is 0. The summed E-state index contributed by atoms with van der Waals surface area (Å²) in [5.41, 5.74) is 1.15. The van der Waals surface area contributed by atoms with Crippen molar-refractivity contribution in [3.8, 4) is 11.1 Å². The number of nitrogens with two attached hydrogens (primary N) is 1. The van der Waals surface area contributed by atoms with E-state index in [4.69, 9.17) is 5.84 Å². The molecule has 2 aromatic heterocycles. The Morgan fingerprint density at radius 2 is 2.00 bits per heavy atom. The van der Waals surface area contributed by atoms with Crippen LogP contribution in [0.3, 0.4) is 0 Å². The standard InChI is InChI=1S/C18H20N4O2S2/c1-18(2,3)21-13(23)10-26-17-20-15-14(16(24)22(17)19)12(9-25-15)11-7-5-4-6-8-11/h4-9H,10,19H2,1-3H3,(H,21,23). The van der Waals surface area contributed by atoms with Crippen molar-refractivity contribution in [3.05, 3.63) is 46.1 Å². The molecule has 8 heteroatoms. The van der Waals surface area contributed by atoms with E-state index in [2.05, 4.69) is 10.3 Å². The van der Waals surface area contributed by atoms with Crippen LogP contribution in [0.25, 0.3) is 21.3 Å². The van der Waals surface area contributed by atoms with Gasteiger partial charge in [-0.25, -0.2) is 9.66 Å². The second-order valence-corrected chi connectivity index (χ2v) is 8.65. The van der Waals surface area contributed by atoms with Crippen LogP contribution < -0.4 is 16.7 Å². The summed E-state index contributed by atoms with van der Waals surface area (Å²) in [5, 5.41) is 5.62. The zero-order chi connectivity index (χ0) is 18.9. The van der Waals surface area contributed by atoms with Gasteiger partial charge < -0.3 is 11.2 Å². The van der Waals surface area contributed by atoms with Gasteiger partial charge in [0.05, 0.1) is 11.1 Å². The molecule has 0 unspecified atom stereocenters. The van der Waals surface area contributed by atoms with Crippen LogP contribution in [-0.2, 0) is 4.79 Å². The maximum absolute atomic E-state index is 12.8. The summed E-state index contributed by atoms with van der Waals surface area (Å²) in [5.74, 6) is 5.97. The number of thioether (sulfide) groups is 1. The molecule has 0 saturated heterocycles. The molecule has 136 valence electrons. The Hall–Kier alpha value is -2.32. The van der Waals surface area contributed by atoms with Crippen LogP contribution in [0.4, 0.5) is 0 Å². The molecular weight excluding hydrogens is 368 g/mol. The molecule has 26 heavy (non-hydrogen) atoms. The van der Waals surface area contributed by atoms with Crippen LogP contribution in [0.2, 0.25) is 0 Å². The maximum atomic E-state index is 12.8. The monoisotopic (exact) mass is 388 g/mol. The molecule has 0 saturated carbocycles. The number of carbonyl (C=O) groups excluding carboxylic acids is 1. The molecule has 1 amide bonds. The minimum atomic E-state index is -0.311. The molecule has 0 fully saturated rings. The lowest BCUT2D eigenvalue weighted by atomic mass is 10.1. The first-order valence-corrected chi connectivity index (χ1v) is 9.91. The fourth-order valence-corrected chi connectivity index (χ4v) is 4.21. The van der Waals surface area contributed by atoms with Crippen molar-refractivity contribution in [1.82, 2.24) is 15.0 Å². The number of hydrogen-bond donors (Lipinski definition) is 2. The molecule has 3 rings (SSSR count). The first kappa shape index (κ1) is 18.5. The minimum Gasteiger partial charge on any atom is -0.351 e. The number of thiophene rings is 1. The van der Waals surface area contributed by atoms with E-state index < -0.39 is 0 Å². The molecule has 0 aliphatic rings. The molecule has 6 nitrogen and oxygen atoms in total. The highest BCUT2D eigenvalue weighted by molar-refractivity contribution is 7.99. The summed E-state index contributed by atoms with van der Waals surface area (Å²) in [4.78, 5) is 29.9. The minimum absolute atomic E-state index is 0.131. The zero-order valence-corrected chi connectivity index (χ0v) is 16.4. The first-order chi connectivity index (χ1) is 12.3. The van der Waals surface area contributed by atoms with Gasteiger partial charge in [-0.15, -0.1) is 11.3 Å². The number of nitrogens with zero attached hydrogens (tertiary/aromatic N) is 2. The van der Waals surface area contributed by atoms with E-state index in [0.717, 1.165) is 27.6 Å². The molecule has 2 heterocycles. The van der Waals surface area contributed by atoms with Crippen molar-refractivity contribution >= 4 is 39.2 Å². The third-order valence-electron chi connectivity index (χ3n) is 3.54. The quantitative estimate of drug-likeness (QED) is 0.407. The van der Waals surface area contributed by atoms with Crippen LogP contribution in [-0.4, -0.2) is 26.9 Å². The fourth-order valence-electron chi connectivity index (χ4n) is 2.50. The third kappa shape index (κ3) is 3.91. The van der Waals surface area contributed by atoms with Crippen LogP contribution in [0.1, 0.15) is 20.8 Å². The van der Waals surface area contributed by atoms with E-state index >= 15 is 0 Å². The Bertz CT molecular complexity index is 1000. The Labute approximate surface area is 159 Å². The summed E-state index contributed by atoms with van der Waals surface area (Å²) >= 11 is 2.55. The number of nitrogens with one attached hydrogen (secondary N) is 1. The smallest absolute Gasteiger partial charge is 0.282 e. The molecule has 0 spiro atoms. The van der Waals surface area contributed by atoms with Gasteiger partial charge in [0, 0.05) is 16.5 Å². The lowest BCUT2D eigenvalue weighted by molar-refractivity contribution is -0.119. The van der Waals surface area contributed by atoms with Gasteiger partial charge in [-0.3, -0.25) is 9.59 Å². The van der Waals surface area contributed by atoms with Crippen molar-refractivity contribution in [1.29, 1.82) is 0 Å². The van der Waals surface area contributed by atoms with E-state index in [0.29, 0.717) is 15.4 Å². The highest BCUT2D eigenvalue weighted by Crippen LogP contribution is 2.31. The third-order valence-corrected chi connectivity index (χ3v) is 5.36. The topological polar surface area (TPSA) is 90.0 Å². The zero-order valence-electron chi connectivity index (χ0n) is 14.8. The number of aromatic nitrogens is 2. The fraction of sp³-hybridized carbons (Fsp3) is 0.278. The number of rotatable bonds is 4. The molecule has 0 aliphatic carbocycles. The summed E-state index contributed by atoms with van der Waals surface area (Å²) in [6.07, 6.45) is 0. The normalized spacial score (nSPS) is 11.7. The van der Waals surface area contributed by atoms with E-state index in [9.17, 15) is 9.59 Å². The first-order valence-electron chi connectivity index (χ1n) is 8.05. The van der Waals surface area contributed by atoms with E-state index in [1.54, 1.807) is 0 Å². The highest BCUT2D eigenvalue weighted by atomic mass is 32.2. The Morgan fingerprint density at radius 3 is 2.65 bits per heavy atom. The second kappa shape index (κ2) is 7.13. The molecule has 3 N–H and O–H groups in total. The Kier molecular flexibility index (Phi) is 5.06. The van der Waals surface area contributed by atoms with Gasteiger partial charge in [0.1, 0.15) is 4.83 Å². The lowest BCUT2D eigenvalue weighted by Crippen LogP contribution is -2.41. The predicted molar refractivity (Wildman–Crippen MR) is 108 cm³/mol. The SMILES string of the molecule is CC(C)(C)NC(=O)CSc1nc2scc(-c3ccccc3)c2c(=O)n1N. The van der Waals surface area contributed by atoms with Gasteiger partial charge in [0.2, 0.25) is 5.91 Å². The van der Waals surface area contributed by atoms with Crippen LogP contribution in [0.5, 0.6) is 0 Å². The molecule has 0 radical (unpaired) electrons. The van der Waals surface area contributed by atoms with Gasteiger partial charge >= 0.3 is 0 Å². The van der Waals surface area contributed by atoms with E-state index in [1.807, 2.05) is 56.5 Å². The predicted octanol–water partition coefficient (Wildman–Crippen LogP) is 2.85. The summed E-state index contributed by atoms with van der Waals surface area (Å²) in [6, 6.07) is 9.66. The molecule has 0 aliphatic heterocycles. The van der Waals surface area contributed by atoms with Crippen molar-refractivity contribution in [2.24, 2.45) is 0 Å². The van der Waals surface area contributed by atoms with Crippen molar-refractivity contribution < 1.29 is 4.79 Å². The highest BCUT2D eigenvalue weighted by Gasteiger charge is 2.18. The number of carbonyl (C=O) groups is 1. The number of nitrogen functional groups attached to an aromatic ring is 1.